The predicted molar refractivity (Wildman–Crippen MR) is 151 cm³/mol. The number of unbranched alkanes of at least 4 members (excludes halogenated alkanes) is 3. The third-order valence-electron chi connectivity index (χ3n) is 7.64. The monoisotopic (exact) mass is 561 g/mol. The first-order chi connectivity index (χ1) is 15.7. The first-order valence-corrected chi connectivity index (χ1v) is 20.4. The Balaban J connectivity index is 0.00000137. The minimum absolute atomic E-state index is 0. The quantitative estimate of drug-likeness (QED) is 0.158. The van der Waals surface area contributed by atoms with Gasteiger partial charge in [-0.15, -0.1) is 5.69 Å². The van der Waals surface area contributed by atoms with E-state index in [0.29, 0.717) is 0 Å². The third kappa shape index (κ3) is 11.3. The van der Waals surface area contributed by atoms with Crippen LogP contribution in [0.25, 0.3) is 4.98 Å². The second kappa shape index (κ2) is 16.4. The van der Waals surface area contributed by atoms with E-state index in [0.717, 1.165) is 29.9 Å². The maximum absolute atomic E-state index is 5.87. The van der Waals surface area contributed by atoms with E-state index in [1.807, 2.05) is 0 Å². The molecule has 4 atom stereocenters. The molecule has 6 heteroatoms. The van der Waals surface area contributed by atoms with Crippen molar-refractivity contribution in [2.45, 2.75) is 109 Å². The zero-order valence-electron chi connectivity index (χ0n) is 22.6. The van der Waals surface area contributed by atoms with Gasteiger partial charge >= 0.3 is 35.6 Å². The van der Waals surface area contributed by atoms with Gasteiger partial charge in [0, 0.05) is 6.61 Å². The molecule has 0 spiro atoms. The average molecular weight is 563 g/mol. The summed E-state index contributed by atoms with van der Waals surface area (Å²) in [5.41, 5.74) is 2.10. The molecule has 2 aliphatic rings. The summed E-state index contributed by atoms with van der Waals surface area (Å²) in [4.78, 5) is 5.37. The molecule has 0 amide bonds. The number of hydrogen-bond donors (Lipinski definition) is 0. The Morgan fingerprint density at radius 1 is 0.971 bits per heavy atom. The number of fused-ring (bicyclic) bond motifs is 1. The van der Waals surface area contributed by atoms with Crippen molar-refractivity contribution in [1.82, 2.24) is 0 Å². The average Bonchev–Trinajstić information content (AvgIpc) is 3.13. The number of ether oxygens (including phenoxy) is 1. The third-order valence-corrected chi connectivity index (χ3v) is 11.0. The van der Waals surface area contributed by atoms with Crippen LogP contribution in [0.3, 0.4) is 0 Å². The van der Waals surface area contributed by atoms with E-state index in [-0.39, 0.29) is 13.0 Å². The maximum atomic E-state index is 5.87. The summed E-state index contributed by atoms with van der Waals surface area (Å²) in [6, 6.07) is 10.8. The molecule has 0 aliphatic heterocycles. The summed E-state index contributed by atoms with van der Waals surface area (Å²) in [5.74, 6) is 2.91. The summed E-state index contributed by atoms with van der Waals surface area (Å²) in [6.07, 6.45) is 14.1. The van der Waals surface area contributed by atoms with Crippen molar-refractivity contribution in [3.05, 3.63) is 42.7 Å². The van der Waals surface area contributed by atoms with Crippen LogP contribution in [0, 0.1) is 25.2 Å². The van der Waals surface area contributed by atoms with Gasteiger partial charge in [-0.2, -0.15) is 0 Å². The number of rotatable bonds is 10. The van der Waals surface area contributed by atoms with E-state index < -0.39 is 25.3 Å². The van der Waals surface area contributed by atoms with Gasteiger partial charge in [0.25, 0.3) is 0 Å². The van der Waals surface area contributed by atoms with Crippen LogP contribution in [0.5, 0.6) is 0 Å². The van der Waals surface area contributed by atoms with Gasteiger partial charge in [-0.25, -0.2) is 0 Å². The van der Waals surface area contributed by atoms with E-state index in [9.17, 15) is 0 Å². The van der Waals surface area contributed by atoms with Crippen molar-refractivity contribution in [1.29, 1.82) is 0 Å². The van der Waals surface area contributed by atoms with E-state index in [1.165, 1.54) is 69.9 Å². The molecule has 0 aromatic heterocycles. The summed E-state index contributed by atoms with van der Waals surface area (Å²) in [7, 11) is 8.14. The molecule has 2 nitrogen and oxygen atoms in total. The molecule has 4 unspecified atom stereocenters. The first-order valence-electron chi connectivity index (χ1n) is 13.1. The Morgan fingerprint density at radius 3 is 2.18 bits per heavy atom. The second-order valence-electron chi connectivity index (χ2n) is 11.6. The Labute approximate surface area is 229 Å². The minimum atomic E-state index is -1.64. The Bertz CT molecular complexity index is 656. The van der Waals surface area contributed by atoms with Gasteiger partial charge in [-0.1, -0.05) is 100 Å². The van der Waals surface area contributed by atoms with E-state index in [4.69, 9.17) is 28.3 Å². The fourth-order valence-corrected chi connectivity index (χ4v) is 9.57. The summed E-state index contributed by atoms with van der Waals surface area (Å²) >= 11 is -0.556. The van der Waals surface area contributed by atoms with Gasteiger partial charge in [-0.3, -0.25) is 0 Å². The molecule has 196 valence electrons. The molecule has 0 heterocycles. The topological polar surface area (TPSA) is 23.3 Å². The zero-order valence-corrected chi connectivity index (χ0v) is 26.7. The van der Waals surface area contributed by atoms with Crippen LogP contribution in [-0.2, 0) is 21.8 Å². The molecule has 0 N–H and O–H groups in total. The van der Waals surface area contributed by atoms with Crippen molar-refractivity contribution in [2.24, 2.45) is 17.8 Å². The van der Waals surface area contributed by atoms with Crippen molar-refractivity contribution in [2.75, 3.05) is 6.61 Å². The van der Waals surface area contributed by atoms with Gasteiger partial charge in [0.1, 0.15) is 0 Å². The summed E-state index contributed by atoms with van der Waals surface area (Å²) in [6.45, 7) is 12.4. The second-order valence-corrected chi connectivity index (χ2v) is 18.4. The van der Waals surface area contributed by atoms with Crippen molar-refractivity contribution in [3.63, 3.8) is 0 Å². The zero-order chi connectivity index (χ0) is 24.3. The predicted octanol–water partition coefficient (Wildman–Crippen LogP) is 10.7. The van der Waals surface area contributed by atoms with Crippen LogP contribution < -0.4 is 0 Å². The first kappa shape index (κ1) is 32.5. The van der Waals surface area contributed by atoms with Crippen LogP contribution >= 0.6 is 18.6 Å². The Morgan fingerprint density at radius 2 is 1.56 bits per heavy atom. The van der Waals surface area contributed by atoms with Gasteiger partial charge in [0.15, 0.2) is 0 Å². The van der Waals surface area contributed by atoms with Crippen molar-refractivity contribution < 1.29 is 21.8 Å². The van der Waals surface area contributed by atoms with Gasteiger partial charge < -0.3 is 17.1 Å². The number of benzene rings is 1. The molecule has 1 aromatic carbocycles. The number of halogens is 2. The van der Waals surface area contributed by atoms with Gasteiger partial charge in [0.05, 0.1) is 5.60 Å². The molecule has 2 fully saturated rings. The van der Waals surface area contributed by atoms with Gasteiger partial charge in [0.2, 0.25) is 0 Å². The molecule has 0 radical (unpaired) electrons. The fourth-order valence-electron chi connectivity index (χ4n) is 6.25. The number of hydrogen-bond acceptors (Lipinski definition) is 1. The summed E-state index contributed by atoms with van der Waals surface area (Å²) < 4.78 is 5.87. The van der Waals surface area contributed by atoms with Crippen molar-refractivity contribution in [3.8, 4) is 0 Å². The van der Waals surface area contributed by atoms with E-state index >= 15 is 0 Å². The van der Waals surface area contributed by atoms with Crippen LogP contribution in [0.2, 0.25) is 18.6 Å². The fraction of sp³-hybridized carbons (Fsp3) is 0.750. The SMILES string of the molecule is CC(C)(C)OCCCCCCC1CC([Si](C)(C)[N-]c2ccccc2)C2CCCCC12.[CH3-].[Cl][Ti][Cl]. The molecular weight excluding hydrogens is 513 g/mol. The standard InChI is InChI=1S/C27H46NOSi.CH3.2ClH.Ti/c1-27(2,3)29-20-14-7-6-9-15-22-21-26(25-19-13-12-18-24(22)25)30(4,5)28-23-16-10-8-11-17-23;;;;/h8,10-11,16-17,22,24-26H,6-7,9,12-15,18-21H2,1-5H3;1H3;2*1H;/q2*-1;;;+2/p-2. The normalized spacial score (nSPS) is 24.3. The summed E-state index contributed by atoms with van der Waals surface area (Å²) in [5, 5.41) is 0. The van der Waals surface area contributed by atoms with Crippen molar-refractivity contribution >= 4 is 32.5 Å². The van der Waals surface area contributed by atoms with Gasteiger partial charge in [-0.05, 0) is 59.6 Å². The van der Waals surface area contributed by atoms with Crippen LogP contribution in [-0.4, -0.2) is 20.4 Å². The van der Waals surface area contributed by atoms with Crippen LogP contribution in [0.1, 0.15) is 85.0 Å². The molecular formula is C28H49Cl2NOSiTi-2. The van der Waals surface area contributed by atoms with E-state index in [2.05, 4.69) is 64.2 Å². The molecule has 34 heavy (non-hydrogen) atoms. The molecule has 2 saturated carbocycles. The van der Waals surface area contributed by atoms with E-state index in [1.54, 1.807) is 0 Å². The van der Waals surface area contributed by atoms with Crippen LogP contribution in [0.4, 0.5) is 5.69 Å². The molecule has 0 bridgehead atoms. The Kier molecular flexibility index (Phi) is 15.6. The molecule has 3 rings (SSSR count). The molecule has 0 saturated heterocycles. The molecule has 2 aliphatic carbocycles. The Hall–Kier alpha value is 0.491. The van der Waals surface area contributed by atoms with Crippen LogP contribution in [0.15, 0.2) is 30.3 Å². The molecule has 1 aromatic rings. The number of nitrogens with zero attached hydrogens (tertiary/aromatic N) is 1.